The van der Waals surface area contributed by atoms with Crippen LogP contribution in [0.5, 0.6) is 0 Å². The van der Waals surface area contributed by atoms with Crippen LogP contribution in [0.4, 0.5) is 0 Å². The van der Waals surface area contributed by atoms with Gasteiger partial charge in [-0.15, -0.1) is 0 Å². The number of halogens is 1. The van der Waals surface area contributed by atoms with E-state index in [1.54, 1.807) is 31.2 Å². The summed E-state index contributed by atoms with van der Waals surface area (Å²) in [7, 11) is 0. The van der Waals surface area contributed by atoms with Crippen molar-refractivity contribution in [3.05, 3.63) is 99.5 Å². The Morgan fingerprint density at radius 2 is 1.56 bits per heavy atom. The lowest BCUT2D eigenvalue weighted by Crippen LogP contribution is -2.25. The Morgan fingerprint density at radius 3 is 2.22 bits per heavy atom. The van der Waals surface area contributed by atoms with Crippen LogP contribution in [0.3, 0.4) is 0 Å². The van der Waals surface area contributed by atoms with Gasteiger partial charge in [0.1, 0.15) is 0 Å². The van der Waals surface area contributed by atoms with Crippen LogP contribution in [0, 0.1) is 13.8 Å². The number of rotatable bonds is 5. The van der Waals surface area contributed by atoms with Gasteiger partial charge in [0, 0.05) is 21.0 Å². The summed E-state index contributed by atoms with van der Waals surface area (Å²) in [6, 6.07) is 22.4. The molecule has 1 unspecified atom stereocenters. The third-order valence-corrected chi connectivity index (χ3v) is 5.91. The maximum absolute atomic E-state index is 13.4. The van der Waals surface area contributed by atoms with E-state index in [1.807, 2.05) is 62.4 Å². The van der Waals surface area contributed by atoms with E-state index < -0.39 is 12.1 Å². The molecular formula is C27H22BrNO3. The number of aryl methyl sites for hydroxylation is 1. The van der Waals surface area contributed by atoms with Crippen LogP contribution in [0.15, 0.2) is 77.3 Å². The van der Waals surface area contributed by atoms with Crippen LogP contribution in [-0.4, -0.2) is 22.8 Å². The quantitative estimate of drug-likeness (QED) is 0.232. The Labute approximate surface area is 195 Å². The van der Waals surface area contributed by atoms with Crippen molar-refractivity contribution in [3.8, 4) is 11.3 Å². The smallest absolute Gasteiger partial charge is 0.339 e. The average Bonchev–Trinajstić information content (AvgIpc) is 2.79. The highest BCUT2D eigenvalue weighted by atomic mass is 79.9. The molecule has 0 saturated carbocycles. The van der Waals surface area contributed by atoms with Gasteiger partial charge in [0.05, 0.1) is 16.8 Å². The minimum absolute atomic E-state index is 0.240. The van der Waals surface area contributed by atoms with E-state index in [2.05, 4.69) is 15.9 Å². The van der Waals surface area contributed by atoms with E-state index in [0.29, 0.717) is 22.1 Å². The van der Waals surface area contributed by atoms with E-state index in [-0.39, 0.29) is 5.78 Å². The number of ketones is 1. The third kappa shape index (κ3) is 4.21. The molecule has 5 heteroatoms. The molecule has 32 heavy (non-hydrogen) atoms. The zero-order valence-electron chi connectivity index (χ0n) is 18.1. The van der Waals surface area contributed by atoms with Gasteiger partial charge < -0.3 is 4.74 Å². The SMILES string of the molecule is Cc1c(-c2ccccc2)nc2c(C)cc(Br)cc2c1C(=O)OC(C)C(=O)c1ccccc1. The number of hydrogen-bond donors (Lipinski definition) is 0. The lowest BCUT2D eigenvalue weighted by molar-refractivity contribution is 0.0320. The van der Waals surface area contributed by atoms with Crippen LogP contribution in [0.1, 0.15) is 38.8 Å². The first kappa shape index (κ1) is 21.9. The van der Waals surface area contributed by atoms with Gasteiger partial charge in [-0.05, 0) is 44.0 Å². The first-order valence-electron chi connectivity index (χ1n) is 10.3. The normalized spacial score (nSPS) is 11.9. The van der Waals surface area contributed by atoms with E-state index in [1.165, 1.54) is 0 Å². The summed E-state index contributed by atoms with van der Waals surface area (Å²) in [6.07, 6.45) is -0.916. The highest BCUT2D eigenvalue weighted by molar-refractivity contribution is 9.10. The van der Waals surface area contributed by atoms with Gasteiger partial charge in [-0.25, -0.2) is 9.78 Å². The number of esters is 1. The van der Waals surface area contributed by atoms with Crippen molar-refractivity contribution in [1.82, 2.24) is 4.98 Å². The summed E-state index contributed by atoms with van der Waals surface area (Å²) < 4.78 is 6.53. The molecule has 0 aliphatic heterocycles. The Morgan fingerprint density at radius 1 is 0.938 bits per heavy atom. The number of fused-ring (bicyclic) bond motifs is 1. The Balaban J connectivity index is 1.82. The minimum Gasteiger partial charge on any atom is -0.451 e. The second-order valence-corrected chi connectivity index (χ2v) is 8.64. The summed E-state index contributed by atoms with van der Waals surface area (Å²) in [5.41, 5.74) is 4.94. The lowest BCUT2D eigenvalue weighted by atomic mass is 9.96. The molecule has 0 fully saturated rings. The van der Waals surface area contributed by atoms with Crippen molar-refractivity contribution < 1.29 is 14.3 Å². The highest BCUT2D eigenvalue weighted by Gasteiger charge is 2.25. The van der Waals surface area contributed by atoms with Crippen LogP contribution in [-0.2, 0) is 4.74 Å². The lowest BCUT2D eigenvalue weighted by Gasteiger charge is -2.18. The first-order valence-corrected chi connectivity index (χ1v) is 11.1. The Kier molecular flexibility index (Phi) is 6.19. The van der Waals surface area contributed by atoms with E-state index in [9.17, 15) is 9.59 Å². The standard InChI is InChI=1S/C27H22BrNO3/c1-16-14-21(28)15-22-23(17(2)25(29-24(16)22)19-10-6-4-7-11-19)27(31)32-18(3)26(30)20-12-8-5-9-13-20/h4-15,18H,1-3H3. The minimum atomic E-state index is -0.916. The summed E-state index contributed by atoms with van der Waals surface area (Å²) in [5, 5.41) is 0.693. The number of nitrogens with zero attached hydrogens (tertiary/aromatic N) is 1. The molecule has 0 radical (unpaired) electrons. The van der Waals surface area contributed by atoms with Crippen molar-refractivity contribution in [1.29, 1.82) is 0 Å². The molecule has 0 saturated heterocycles. The number of pyridine rings is 1. The molecule has 0 N–H and O–H groups in total. The number of ether oxygens (including phenoxy) is 1. The van der Waals surface area contributed by atoms with Crippen LogP contribution < -0.4 is 0 Å². The predicted octanol–water partition coefficient (Wildman–Crippen LogP) is 6.71. The van der Waals surface area contributed by atoms with Gasteiger partial charge in [0.25, 0.3) is 0 Å². The van der Waals surface area contributed by atoms with Gasteiger partial charge in [0.2, 0.25) is 5.78 Å². The van der Waals surface area contributed by atoms with Crippen molar-refractivity contribution in [2.75, 3.05) is 0 Å². The molecule has 160 valence electrons. The van der Waals surface area contributed by atoms with Gasteiger partial charge in [0.15, 0.2) is 6.10 Å². The molecule has 4 nitrogen and oxygen atoms in total. The van der Waals surface area contributed by atoms with Gasteiger partial charge in [-0.3, -0.25) is 4.79 Å². The maximum atomic E-state index is 13.4. The summed E-state index contributed by atoms with van der Waals surface area (Å²) >= 11 is 3.53. The van der Waals surface area contributed by atoms with Gasteiger partial charge >= 0.3 is 5.97 Å². The molecule has 1 heterocycles. The Bertz CT molecular complexity index is 1320. The second-order valence-electron chi connectivity index (χ2n) is 7.72. The molecular weight excluding hydrogens is 466 g/mol. The molecule has 0 bridgehead atoms. The van der Waals surface area contributed by atoms with E-state index in [4.69, 9.17) is 9.72 Å². The molecule has 0 aliphatic rings. The van der Waals surface area contributed by atoms with E-state index >= 15 is 0 Å². The molecule has 0 spiro atoms. The molecule has 3 aromatic carbocycles. The average molecular weight is 488 g/mol. The summed E-state index contributed by atoms with van der Waals surface area (Å²) in [6.45, 7) is 5.43. The molecule has 0 amide bonds. The Hall–Kier alpha value is -3.31. The van der Waals surface area contributed by atoms with Crippen LogP contribution in [0.2, 0.25) is 0 Å². The zero-order valence-corrected chi connectivity index (χ0v) is 19.6. The van der Waals surface area contributed by atoms with Crippen molar-refractivity contribution in [3.63, 3.8) is 0 Å². The number of carbonyl (C=O) groups is 2. The number of hydrogen-bond acceptors (Lipinski definition) is 4. The molecule has 4 rings (SSSR count). The van der Waals surface area contributed by atoms with E-state index in [0.717, 1.165) is 26.8 Å². The fourth-order valence-electron chi connectivity index (χ4n) is 3.84. The zero-order chi connectivity index (χ0) is 22.8. The second kappa shape index (κ2) is 9.05. The van der Waals surface area contributed by atoms with Crippen molar-refractivity contribution in [2.45, 2.75) is 26.9 Å². The number of carbonyl (C=O) groups excluding carboxylic acids is 2. The fourth-order valence-corrected chi connectivity index (χ4v) is 4.41. The third-order valence-electron chi connectivity index (χ3n) is 5.45. The van der Waals surface area contributed by atoms with Crippen molar-refractivity contribution >= 4 is 38.6 Å². The number of aromatic nitrogens is 1. The van der Waals surface area contributed by atoms with Gasteiger partial charge in [-0.2, -0.15) is 0 Å². The number of benzene rings is 3. The van der Waals surface area contributed by atoms with Crippen LogP contribution >= 0.6 is 15.9 Å². The molecule has 4 aromatic rings. The molecule has 1 atom stereocenters. The van der Waals surface area contributed by atoms with Gasteiger partial charge in [-0.1, -0.05) is 76.6 Å². The topological polar surface area (TPSA) is 56.3 Å². The summed E-state index contributed by atoms with van der Waals surface area (Å²) in [4.78, 5) is 31.1. The molecule has 1 aromatic heterocycles. The predicted molar refractivity (Wildman–Crippen MR) is 130 cm³/mol. The monoisotopic (exact) mass is 487 g/mol. The first-order chi connectivity index (χ1) is 15.4. The largest absolute Gasteiger partial charge is 0.451 e. The summed E-state index contributed by atoms with van der Waals surface area (Å²) in [5.74, 6) is -0.781. The molecule has 0 aliphatic carbocycles. The fraction of sp³-hybridized carbons (Fsp3) is 0.148. The van der Waals surface area contributed by atoms with Crippen LogP contribution in [0.25, 0.3) is 22.2 Å². The highest BCUT2D eigenvalue weighted by Crippen LogP contribution is 2.33. The number of Topliss-reactive ketones (excluding diaryl/α,β-unsaturated/α-hetero) is 1. The maximum Gasteiger partial charge on any atom is 0.339 e. The van der Waals surface area contributed by atoms with Crippen molar-refractivity contribution in [2.24, 2.45) is 0 Å².